The summed E-state index contributed by atoms with van der Waals surface area (Å²) < 4.78 is 4.51. The van der Waals surface area contributed by atoms with Crippen molar-refractivity contribution in [1.82, 2.24) is 0 Å². The van der Waals surface area contributed by atoms with Gasteiger partial charge in [-0.25, -0.2) is 4.79 Å². The second kappa shape index (κ2) is 9.58. The predicted octanol–water partition coefficient (Wildman–Crippen LogP) is 4.33. The van der Waals surface area contributed by atoms with E-state index in [1.54, 1.807) is 42.5 Å². The molecule has 0 aliphatic heterocycles. The quantitative estimate of drug-likeness (QED) is 0.176. The number of hydrogen-bond acceptors (Lipinski definition) is 6. The lowest BCUT2D eigenvalue weighted by Gasteiger charge is -2.04. The standard InChI is InChI=1S/C20H16N2O6/c1-28-20(23)5-3-2-4-17(16-8-12-19(13-9-16)22(26)27)14-15-6-10-18(11-7-15)21(24)25/h2-14H,1H3/b4-2+,5-3+,17-14-. The van der Waals surface area contributed by atoms with E-state index in [0.29, 0.717) is 16.7 Å². The van der Waals surface area contributed by atoms with Gasteiger partial charge in [-0.05, 0) is 47.0 Å². The predicted molar refractivity (Wildman–Crippen MR) is 104 cm³/mol. The maximum Gasteiger partial charge on any atom is 0.330 e. The fourth-order valence-electron chi connectivity index (χ4n) is 2.24. The van der Waals surface area contributed by atoms with Crippen molar-refractivity contribution in [3.63, 3.8) is 0 Å². The van der Waals surface area contributed by atoms with E-state index < -0.39 is 15.8 Å². The van der Waals surface area contributed by atoms with Crippen LogP contribution in [0.1, 0.15) is 11.1 Å². The summed E-state index contributed by atoms with van der Waals surface area (Å²) in [5.74, 6) is -0.499. The van der Waals surface area contributed by atoms with E-state index in [-0.39, 0.29) is 11.4 Å². The number of non-ortho nitro benzene ring substituents is 2. The summed E-state index contributed by atoms with van der Waals surface area (Å²) >= 11 is 0. The van der Waals surface area contributed by atoms with Crippen LogP contribution >= 0.6 is 0 Å². The number of nitrogens with zero attached hydrogens (tertiary/aromatic N) is 2. The van der Waals surface area contributed by atoms with E-state index >= 15 is 0 Å². The highest BCUT2D eigenvalue weighted by Crippen LogP contribution is 2.23. The van der Waals surface area contributed by atoms with Crippen LogP contribution in [0, 0.1) is 20.2 Å². The van der Waals surface area contributed by atoms with Gasteiger partial charge in [-0.3, -0.25) is 20.2 Å². The van der Waals surface area contributed by atoms with E-state index in [2.05, 4.69) is 4.74 Å². The minimum atomic E-state index is -0.499. The smallest absolute Gasteiger partial charge is 0.330 e. The van der Waals surface area contributed by atoms with Crippen LogP contribution in [0.4, 0.5) is 11.4 Å². The molecular formula is C20H16N2O6. The molecule has 0 N–H and O–H groups in total. The average molecular weight is 380 g/mol. The number of methoxy groups -OCH3 is 1. The molecule has 0 aliphatic rings. The highest BCUT2D eigenvalue weighted by Gasteiger charge is 2.07. The Bertz CT molecular complexity index is 957. The number of carbonyl (C=O) groups is 1. The molecule has 2 rings (SSSR count). The number of allylic oxidation sites excluding steroid dienone is 4. The fourth-order valence-corrected chi connectivity index (χ4v) is 2.24. The van der Waals surface area contributed by atoms with E-state index in [9.17, 15) is 25.0 Å². The number of esters is 1. The molecule has 0 fully saturated rings. The van der Waals surface area contributed by atoms with Gasteiger partial charge >= 0.3 is 5.97 Å². The molecule has 28 heavy (non-hydrogen) atoms. The molecule has 2 aromatic rings. The van der Waals surface area contributed by atoms with Crippen LogP contribution in [0.15, 0.2) is 72.8 Å². The van der Waals surface area contributed by atoms with Crippen LogP contribution < -0.4 is 0 Å². The normalized spacial score (nSPS) is 11.7. The van der Waals surface area contributed by atoms with Crippen molar-refractivity contribution in [3.05, 3.63) is 104 Å². The molecule has 0 bridgehead atoms. The number of nitro benzene ring substituents is 2. The molecule has 0 spiro atoms. The first-order valence-corrected chi connectivity index (χ1v) is 8.04. The Kier molecular flexibility index (Phi) is 6.93. The van der Waals surface area contributed by atoms with Gasteiger partial charge in [0, 0.05) is 30.3 Å². The topological polar surface area (TPSA) is 113 Å². The van der Waals surface area contributed by atoms with Gasteiger partial charge in [0.1, 0.15) is 0 Å². The second-order valence-corrected chi connectivity index (χ2v) is 5.49. The van der Waals surface area contributed by atoms with Crippen LogP contribution in [0.2, 0.25) is 0 Å². The van der Waals surface area contributed by atoms with Gasteiger partial charge in [0.25, 0.3) is 11.4 Å². The lowest BCUT2D eigenvalue weighted by molar-refractivity contribution is -0.385. The number of carbonyl (C=O) groups excluding carboxylic acids is 1. The van der Waals surface area contributed by atoms with Crippen molar-refractivity contribution in [1.29, 1.82) is 0 Å². The second-order valence-electron chi connectivity index (χ2n) is 5.49. The molecule has 0 aliphatic carbocycles. The molecule has 142 valence electrons. The van der Waals surface area contributed by atoms with E-state index in [1.165, 1.54) is 43.5 Å². The Balaban J connectivity index is 2.38. The Morgan fingerprint density at radius 3 is 1.86 bits per heavy atom. The highest BCUT2D eigenvalue weighted by atomic mass is 16.6. The van der Waals surface area contributed by atoms with E-state index in [4.69, 9.17) is 0 Å². The summed E-state index contributed by atoms with van der Waals surface area (Å²) in [5.41, 5.74) is 2.05. The molecule has 8 heteroatoms. The SMILES string of the molecule is COC(=O)/C=C/C=C/C(=C/c1ccc([N+](=O)[O-])cc1)c1ccc([N+](=O)[O-])cc1. The average Bonchev–Trinajstić information content (AvgIpc) is 2.70. The Morgan fingerprint density at radius 1 is 0.857 bits per heavy atom. The van der Waals surface area contributed by atoms with Crippen LogP contribution in [0.3, 0.4) is 0 Å². The van der Waals surface area contributed by atoms with Crippen LogP contribution in [-0.4, -0.2) is 22.9 Å². The molecule has 8 nitrogen and oxygen atoms in total. The summed E-state index contributed by atoms with van der Waals surface area (Å²) in [6, 6.07) is 11.9. The van der Waals surface area contributed by atoms with Gasteiger partial charge in [0.05, 0.1) is 17.0 Å². The zero-order chi connectivity index (χ0) is 20.5. The summed E-state index contributed by atoms with van der Waals surface area (Å²) in [6.45, 7) is 0. The minimum absolute atomic E-state index is 0.0226. The van der Waals surface area contributed by atoms with Crippen molar-refractivity contribution in [2.45, 2.75) is 0 Å². The van der Waals surface area contributed by atoms with Gasteiger partial charge in [-0.1, -0.05) is 18.2 Å². The largest absolute Gasteiger partial charge is 0.466 e. The number of nitro groups is 2. The molecule has 0 unspecified atom stereocenters. The lowest BCUT2D eigenvalue weighted by Crippen LogP contribution is -1.92. The zero-order valence-corrected chi connectivity index (χ0v) is 14.8. The maximum atomic E-state index is 11.1. The number of rotatable bonds is 7. The van der Waals surface area contributed by atoms with Crippen molar-refractivity contribution in [2.24, 2.45) is 0 Å². The first-order chi connectivity index (χ1) is 13.4. The van der Waals surface area contributed by atoms with Gasteiger partial charge < -0.3 is 4.74 Å². The molecule has 0 atom stereocenters. The molecular weight excluding hydrogens is 364 g/mol. The van der Waals surface area contributed by atoms with Crippen molar-refractivity contribution in [2.75, 3.05) is 7.11 Å². The zero-order valence-electron chi connectivity index (χ0n) is 14.8. The Morgan fingerprint density at radius 2 is 1.36 bits per heavy atom. The van der Waals surface area contributed by atoms with Gasteiger partial charge in [-0.2, -0.15) is 0 Å². The summed E-state index contributed by atoms with van der Waals surface area (Å²) in [4.78, 5) is 31.8. The summed E-state index contributed by atoms with van der Waals surface area (Å²) in [5, 5.41) is 21.6. The molecule has 2 aromatic carbocycles. The number of ether oxygens (including phenoxy) is 1. The third kappa shape index (κ3) is 5.73. The van der Waals surface area contributed by atoms with Gasteiger partial charge in [0.15, 0.2) is 0 Å². The minimum Gasteiger partial charge on any atom is -0.466 e. The monoisotopic (exact) mass is 380 g/mol. The maximum absolute atomic E-state index is 11.1. The third-order valence-electron chi connectivity index (χ3n) is 3.66. The van der Waals surface area contributed by atoms with E-state index in [0.717, 1.165) is 0 Å². The molecule has 0 saturated heterocycles. The molecule has 0 heterocycles. The van der Waals surface area contributed by atoms with Gasteiger partial charge in [-0.15, -0.1) is 0 Å². The fraction of sp³-hybridized carbons (Fsp3) is 0.0500. The van der Waals surface area contributed by atoms with Crippen molar-refractivity contribution < 1.29 is 19.4 Å². The van der Waals surface area contributed by atoms with Crippen LogP contribution in [0.5, 0.6) is 0 Å². The Labute approximate surface area is 160 Å². The summed E-state index contributed by atoms with van der Waals surface area (Å²) in [6.07, 6.45) is 7.85. The van der Waals surface area contributed by atoms with Crippen LogP contribution in [-0.2, 0) is 9.53 Å². The Hall–Kier alpha value is -4.07. The highest BCUT2D eigenvalue weighted by molar-refractivity contribution is 5.88. The number of benzene rings is 2. The first kappa shape index (κ1) is 20.2. The molecule has 0 amide bonds. The molecule has 0 radical (unpaired) electrons. The third-order valence-corrected chi connectivity index (χ3v) is 3.66. The molecule has 0 saturated carbocycles. The van der Waals surface area contributed by atoms with Crippen LogP contribution in [0.25, 0.3) is 11.6 Å². The van der Waals surface area contributed by atoms with Crippen molar-refractivity contribution >= 4 is 29.0 Å². The van der Waals surface area contributed by atoms with Gasteiger partial charge in [0.2, 0.25) is 0 Å². The van der Waals surface area contributed by atoms with E-state index in [1.807, 2.05) is 0 Å². The first-order valence-electron chi connectivity index (χ1n) is 8.04. The lowest BCUT2D eigenvalue weighted by atomic mass is 10.0. The number of hydrogen-bond donors (Lipinski definition) is 0. The molecule has 0 aromatic heterocycles. The van der Waals surface area contributed by atoms with Crippen molar-refractivity contribution in [3.8, 4) is 0 Å². The summed E-state index contributed by atoms with van der Waals surface area (Å²) in [7, 11) is 1.27.